The Hall–Kier alpha value is -1.87. The molecule has 0 saturated carbocycles. The van der Waals surface area contributed by atoms with E-state index in [-0.39, 0.29) is 12.4 Å². The summed E-state index contributed by atoms with van der Waals surface area (Å²) in [6, 6.07) is 9.53. The van der Waals surface area contributed by atoms with Crippen molar-refractivity contribution in [3.05, 3.63) is 63.9 Å². The molecule has 0 fully saturated rings. The zero-order valence-electron chi connectivity index (χ0n) is 10.3. The summed E-state index contributed by atoms with van der Waals surface area (Å²) in [5.74, 6) is 0.0857. The van der Waals surface area contributed by atoms with Crippen LogP contribution in [0.15, 0.2) is 36.4 Å². The molecule has 2 aromatic carbocycles. The lowest BCUT2D eigenvalue weighted by Gasteiger charge is -2.12. The van der Waals surface area contributed by atoms with E-state index in [1.54, 1.807) is 12.1 Å². The van der Waals surface area contributed by atoms with Crippen molar-refractivity contribution in [2.45, 2.75) is 13.5 Å². The van der Waals surface area contributed by atoms with Crippen LogP contribution >= 0.6 is 11.6 Å². The molecule has 0 aliphatic rings. The van der Waals surface area contributed by atoms with Crippen molar-refractivity contribution < 1.29 is 13.9 Å². The summed E-state index contributed by atoms with van der Waals surface area (Å²) in [6.45, 7) is 1.86. The number of rotatable bonds is 4. The molecule has 0 aliphatic heterocycles. The Bertz CT molecular complexity index is 611. The topological polar surface area (TPSA) is 26.3 Å². The molecule has 2 rings (SSSR count). The first-order valence-electron chi connectivity index (χ1n) is 5.73. The van der Waals surface area contributed by atoms with Crippen LogP contribution in [-0.4, -0.2) is 6.29 Å². The monoisotopic (exact) mass is 278 g/mol. The molecule has 0 amide bonds. The standard InChI is InChI=1S/C15H12ClFO2/c1-10-3-2-4-11(8-18)15(10)19-9-12-7-13(16)5-6-14(12)17/h2-8H,9H2,1H3. The molecule has 19 heavy (non-hydrogen) atoms. The first-order chi connectivity index (χ1) is 9.11. The number of benzene rings is 2. The summed E-state index contributed by atoms with van der Waals surface area (Å²) in [6.07, 6.45) is 0.719. The van der Waals surface area contributed by atoms with Crippen molar-refractivity contribution in [1.82, 2.24) is 0 Å². The van der Waals surface area contributed by atoms with Crippen molar-refractivity contribution in [1.29, 1.82) is 0 Å². The fourth-order valence-electron chi connectivity index (χ4n) is 1.77. The predicted molar refractivity (Wildman–Crippen MR) is 72.3 cm³/mol. The maximum atomic E-state index is 13.5. The summed E-state index contributed by atoms with van der Waals surface area (Å²) in [5.41, 5.74) is 1.63. The number of ether oxygens (including phenoxy) is 1. The van der Waals surface area contributed by atoms with Gasteiger partial charge in [0.15, 0.2) is 6.29 Å². The van der Waals surface area contributed by atoms with Crippen LogP contribution in [0.25, 0.3) is 0 Å². The van der Waals surface area contributed by atoms with E-state index >= 15 is 0 Å². The van der Waals surface area contributed by atoms with Gasteiger partial charge in [0, 0.05) is 10.6 Å². The van der Waals surface area contributed by atoms with Crippen molar-refractivity contribution in [3.63, 3.8) is 0 Å². The minimum Gasteiger partial charge on any atom is -0.488 e. The predicted octanol–water partition coefficient (Wildman–Crippen LogP) is 4.18. The van der Waals surface area contributed by atoms with Gasteiger partial charge in [-0.15, -0.1) is 0 Å². The largest absolute Gasteiger partial charge is 0.488 e. The molecule has 0 spiro atoms. The first kappa shape index (κ1) is 13.6. The van der Waals surface area contributed by atoms with E-state index in [4.69, 9.17) is 16.3 Å². The molecular formula is C15H12ClFO2. The van der Waals surface area contributed by atoms with Crippen LogP contribution in [0.4, 0.5) is 4.39 Å². The van der Waals surface area contributed by atoms with Crippen LogP contribution in [0.5, 0.6) is 5.75 Å². The van der Waals surface area contributed by atoms with E-state index in [9.17, 15) is 9.18 Å². The van der Waals surface area contributed by atoms with Crippen molar-refractivity contribution in [2.75, 3.05) is 0 Å². The second kappa shape index (κ2) is 5.85. The Kier molecular flexibility index (Phi) is 4.17. The number of halogens is 2. The number of para-hydroxylation sites is 1. The van der Waals surface area contributed by atoms with Gasteiger partial charge in [0.05, 0.1) is 5.56 Å². The smallest absolute Gasteiger partial charge is 0.153 e. The number of carbonyl (C=O) groups excluding carboxylic acids is 1. The average molecular weight is 279 g/mol. The SMILES string of the molecule is Cc1cccc(C=O)c1OCc1cc(Cl)ccc1F. The Labute approximate surface area is 115 Å². The molecule has 0 aromatic heterocycles. The second-order valence-electron chi connectivity index (χ2n) is 4.14. The maximum absolute atomic E-state index is 13.5. The highest BCUT2D eigenvalue weighted by Crippen LogP contribution is 2.24. The fourth-order valence-corrected chi connectivity index (χ4v) is 1.96. The highest BCUT2D eigenvalue weighted by molar-refractivity contribution is 6.30. The summed E-state index contributed by atoms with van der Waals surface area (Å²) in [5, 5.41) is 0.445. The van der Waals surface area contributed by atoms with Gasteiger partial charge in [-0.3, -0.25) is 4.79 Å². The Morgan fingerprint density at radius 2 is 2.11 bits per heavy atom. The molecule has 0 radical (unpaired) electrons. The van der Waals surface area contributed by atoms with Crippen LogP contribution in [0.2, 0.25) is 5.02 Å². The molecule has 0 atom stereocenters. The molecule has 4 heteroatoms. The molecule has 0 saturated heterocycles. The van der Waals surface area contributed by atoms with E-state index in [1.165, 1.54) is 18.2 Å². The van der Waals surface area contributed by atoms with Crippen LogP contribution in [0, 0.1) is 12.7 Å². The van der Waals surface area contributed by atoms with Crippen molar-refractivity contribution in [3.8, 4) is 5.75 Å². The van der Waals surface area contributed by atoms with Crippen molar-refractivity contribution in [2.24, 2.45) is 0 Å². The first-order valence-corrected chi connectivity index (χ1v) is 6.11. The van der Waals surface area contributed by atoms with Crippen LogP contribution < -0.4 is 4.74 Å². The maximum Gasteiger partial charge on any atom is 0.153 e. The highest BCUT2D eigenvalue weighted by Gasteiger charge is 2.09. The van der Waals surface area contributed by atoms with Gasteiger partial charge in [-0.25, -0.2) is 4.39 Å². The second-order valence-corrected chi connectivity index (χ2v) is 4.57. The van der Waals surface area contributed by atoms with Gasteiger partial charge in [0.2, 0.25) is 0 Å². The minimum absolute atomic E-state index is 0.0259. The molecule has 2 nitrogen and oxygen atoms in total. The number of carbonyl (C=O) groups is 1. The number of hydrogen-bond acceptors (Lipinski definition) is 2. The van der Waals surface area contributed by atoms with Gasteiger partial charge in [-0.05, 0) is 36.8 Å². The van der Waals surface area contributed by atoms with E-state index in [1.807, 2.05) is 13.0 Å². The van der Waals surface area contributed by atoms with E-state index in [0.717, 1.165) is 11.8 Å². The number of aryl methyl sites for hydroxylation is 1. The zero-order valence-corrected chi connectivity index (χ0v) is 11.1. The van der Waals surface area contributed by atoms with E-state index in [0.29, 0.717) is 21.9 Å². The average Bonchev–Trinajstić information content (AvgIpc) is 2.40. The minimum atomic E-state index is -0.384. The van der Waals surface area contributed by atoms with Gasteiger partial charge in [0.25, 0.3) is 0 Å². The van der Waals surface area contributed by atoms with Gasteiger partial charge < -0.3 is 4.74 Å². The van der Waals surface area contributed by atoms with Gasteiger partial charge >= 0.3 is 0 Å². The molecule has 2 aromatic rings. The normalized spacial score (nSPS) is 10.3. The highest BCUT2D eigenvalue weighted by atomic mass is 35.5. The Morgan fingerprint density at radius 3 is 2.84 bits per heavy atom. The fraction of sp³-hybridized carbons (Fsp3) is 0.133. The van der Waals surface area contributed by atoms with Crippen LogP contribution in [0.3, 0.4) is 0 Å². The summed E-state index contributed by atoms with van der Waals surface area (Å²) >= 11 is 5.81. The third-order valence-electron chi connectivity index (χ3n) is 2.75. The zero-order chi connectivity index (χ0) is 13.8. The third kappa shape index (κ3) is 3.12. The summed E-state index contributed by atoms with van der Waals surface area (Å²) in [4.78, 5) is 10.9. The third-order valence-corrected chi connectivity index (χ3v) is 2.98. The Balaban J connectivity index is 2.23. The lowest BCUT2D eigenvalue weighted by Crippen LogP contribution is -2.02. The van der Waals surface area contributed by atoms with Gasteiger partial charge in [-0.1, -0.05) is 23.7 Å². The lowest BCUT2D eigenvalue weighted by atomic mass is 10.1. The quantitative estimate of drug-likeness (QED) is 0.784. The van der Waals surface area contributed by atoms with Gasteiger partial charge in [-0.2, -0.15) is 0 Å². The molecular weight excluding hydrogens is 267 g/mol. The van der Waals surface area contributed by atoms with E-state index in [2.05, 4.69) is 0 Å². The Morgan fingerprint density at radius 1 is 1.32 bits per heavy atom. The number of aldehydes is 1. The van der Waals surface area contributed by atoms with Gasteiger partial charge in [0.1, 0.15) is 18.2 Å². The summed E-state index contributed by atoms with van der Waals surface area (Å²) < 4.78 is 19.1. The molecule has 0 unspecified atom stereocenters. The molecule has 0 bridgehead atoms. The number of hydrogen-bond donors (Lipinski definition) is 0. The lowest BCUT2D eigenvalue weighted by molar-refractivity contribution is 0.111. The molecule has 0 N–H and O–H groups in total. The molecule has 0 heterocycles. The summed E-state index contributed by atoms with van der Waals surface area (Å²) in [7, 11) is 0. The van der Waals surface area contributed by atoms with Crippen molar-refractivity contribution >= 4 is 17.9 Å². The molecule has 98 valence electrons. The van der Waals surface area contributed by atoms with Crippen LogP contribution in [0.1, 0.15) is 21.5 Å². The molecule has 0 aliphatic carbocycles. The van der Waals surface area contributed by atoms with Crippen LogP contribution in [-0.2, 0) is 6.61 Å². The van der Waals surface area contributed by atoms with E-state index < -0.39 is 0 Å².